The number of aromatic amines is 1. The van der Waals surface area contributed by atoms with Gasteiger partial charge in [-0.05, 0) is 55.8 Å². The van der Waals surface area contributed by atoms with E-state index in [1.165, 1.54) is 30.5 Å². The number of fused-ring (bicyclic) bond motifs is 1. The number of hydrogen-bond donors (Lipinski definition) is 2. The molecule has 0 aliphatic carbocycles. The van der Waals surface area contributed by atoms with Crippen molar-refractivity contribution in [3.63, 3.8) is 0 Å². The zero-order valence-corrected chi connectivity index (χ0v) is 22.7. The molecule has 10 heteroatoms. The number of ether oxygens (including phenoxy) is 1. The Kier molecular flexibility index (Phi) is 7.62. The molecule has 0 radical (unpaired) electrons. The van der Waals surface area contributed by atoms with Crippen molar-refractivity contribution in [2.24, 2.45) is 5.10 Å². The van der Waals surface area contributed by atoms with Crippen LogP contribution < -0.4 is 10.2 Å². The lowest BCUT2D eigenvalue weighted by molar-refractivity contribution is -0.384. The van der Waals surface area contributed by atoms with Crippen LogP contribution in [0.3, 0.4) is 0 Å². The fraction of sp³-hybridized carbons (Fsp3) is 0.0645. The number of non-ortho nitro benzene ring substituents is 1. The molecule has 0 saturated heterocycles. The Labute approximate surface area is 239 Å². The van der Waals surface area contributed by atoms with Gasteiger partial charge in [-0.15, -0.1) is 0 Å². The number of para-hydroxylation sites is 1. The Hall–Kier alpha value is -5.28. The standard InChI is InChI=1S/C31H23ClN4O5/c1-18-15-19(2)28-24(16-18)27(23-8-4-5-9-25(23)32)29(34-28)30(37)35-33-17-21-7-3-6-10-26(21)41-31(38)20-11-13-22(14-12-20)36(39)40/h3-17,34H,1-2H3,(H,35,37). The predicted octanol–water partition coefficient (Wildman–Crippen LogP) is 7.00. The number of aryl methyl sites for hydroxylation is 2. The number of nitro groups is 1. The van der Waals surface area contributed by atoms with Gasteiger partial charge in [0.15, 0.2) is 0 Å². The highest BCUT2D eigenvalue weighted by atomic mass is 35.5. The summed E-state index contributed by atoms with van der Waals surface area (Å²) in [5.74, 6) is -0.981. The Morgan fingerprint density at radius 3 is 2.44 bits per heavy atom. The van der Waals surface area contributed by atoms with Crippen LogP contribution in [0.15, 0.2) is 90.0 Å². The maximum Gasteiger partial charge on any atom is 0.343 e. The summed E-state index contributed by atoms with van der Waals surface area (Å²) in [6, 6.07) is 23.1. The molecule has 2 N–H and O–H groups in total. The molecule has 1 aromatic heterocycles. The third-order valence-electron chi connectivity index (χ3n) is 6.42. The number of hydrogen-bond acceptors (Lipinski definition) is 6. The van der Waals surface area contributed by atoms with Gasteiger partial charge in [-0.2, -0.15) is 5.10 Å². The number of aromatic nitrogens is 1. The number of halogens is 1. The minimum Gasteiger partial charge on any atom is -0.422 e. The Morgan fingerprint density at radius 1 is 1.00 bits per heavy atom. The van der Waals surface area contributed by atoms with Gasteiger partial charge in [0.05, 0.1) is 16.7 Å². The average Bonchev–Trinajstić information content (AvgIpc) is 3.34. The molecule has 0 fully saturated rings. The second kappa shape index (κ2) is 11.4. The maximum atomic E-state index is 13.4. The largest absolute Gasteiger partial charge is 0.422 e. The lowest BCUT2D eigenvalue weighted by atomic mass is 9.99. The number of hydrazone groups is 1. The lowest BCUT2D eigenvalue weighted by Gasteiger charge is -2.08. The van der Waals surface area contributed by atoms with Crippen molar-refractivity contribution in [2.45, 2.75) is 13.8 Å². The molecule has 0 bridgehead atoms. The molecule has 0 saturated carbocycles. The summed E-state index contributed by atoms with van der Waals surface area (Å²) in [6.07, 6.45) is 1.36. The van der Waals surface area contributed by atoms with Crippen LogP contribution in [0.2, 0.25) is 5.02 Å². The minimum atomic E-state index is -0.696. The van der Waals surface area contributed by atoms with Gasteiger partial charge in [-0.1, -0.05) is 53.6 Å². The molecule has 0 aliphatic heterocycles. The van der Waals surface area contributed by atoms with E-state index in [1.807, 2.05) is 44.2 Å². The van der Waals surface area contributed by atoms with Gasteiger partial charge < -0.3 is 9.72 Å². The summed E-state index contributed by atoms with van der Waals surface area (Å²) < 4.78 is 5.49. The van der Waals surface area contributed by atoms with Gasteiger partial charge in [0.25, 0.3) is 11.6 Å². The number of rotatable bonds is 7. The van der Waals surface area contributed by atoms with Crippen LogP contribution in [-0.2, 0) is 0 Å². The molecular formula is C31H23ClN4O5. The molecule has 5 rings (SSSR count). The van der Waals surface area contributed by atoms with Crippen molar-refractivity contribution < 1.29 is 19.2 Å². The number of carbonyl (C=O) groups excluding carboxylic acids is 2. The smallest absolute Gasteiger partial charge is 0.343 e. The molecule has 0 atom stereocenters. The number of amides is 1. The maximum absolute atomic E-state index is 13.4. The molecule has 9 nitrogen and oxygen atoms in total. The summed E-state index contributed by atoms with van der Waals surface area (Å²) in [5.41, 5.74) is 7.53. The summed E-state index contributed by atoms with van der Waals surface area (Å²) in [5, 5.41) is 16.4. The quantitative estimate of drug-likeness (QED) is 0.0721. The van der Waals surface area contributed by atoms with Crippen LogP contribution in [0.25, 0.3) is 22.0 Å². The van der Waals surface area contributed by atoms with Gasteiger partial charge in [-0.3, -0.25) is 14.9 Å². The average molecular weight is 567 g/mol. The fourth-order valence-corrected chi connectivity index (χ4v) is 4.77. The molecular weight excluding hydrogens is 544 g/mol. The highest BCUT2D eigenvalue weighted by molar-refractivity contribution is 6.34. The zero-order valence-electron chi connectivity index (χ0n) is 22.0. The van der Waals surface area contributed by atoms with E-state index in [0.29, 0.717) is 27.4 Å². The number of H-pyrrole nitrogens is 1. The zero-order chi connectivity index (χ0) is 29.1. The van der Waals surface area contributed by atoms with Crippen LogP contribution in [0.1, 0.15) is 37.5 Å². The van der Waals surface area contributed by atoms with E-state index in [9.17, 15) is 19.7 Å². The number of nitro benzene ring substituents is 1. The first-order valence-corrected chi connectivity index (χ1v) is 12.9. The van der Waals surface area contributed by atoms with Crippen molar-refractivity contribution in [1.82, 2.24) is 10.4 Å². The first-order valence-electron chi connectivity index (χ1n) is 12.5. The SMILES string of the molecule is Cc1cc(C)c2[nH]c(C(=O)NN=Cc3ccccc3OC(=O)c3ccc([N+](=O)[O-])cc3)c(-c3ccccc3Cl)c2c1. The van der Waals surface area contributed by atoms with Crippen molar-refractivity contribution >= 4 is 46.3 Å². The van der Waals surface area contributed by atoms with Crippen LogP contribution in [0, 0.1) is 24.0 Å². The fourth-order valence-electron chi connectivity index (χ4n) is 4.54. The molecule has 0 unspecified atom stereocenters. The molecule has 4 aromatic carbocycles. The van der Waals surface area contributed by atoms with Crippen molar-refractivity contribution in [3.05, 3.63) is 128 Å². The van der Waals surface area contributed by atoms with Crippen molar-refractivity contribution in [2.75, 3.05) is 0 Å². The van der Waals surface area contributed by atoms with E-state index in [0.717, 1.165) is 22.0 Å². The summed E-state index contributed by atoms with van der Waals surface area (Å²) in [4.78, 5) is 39.6. The van der Waals surface area contributed by atoms with Crippen LogP contribution >= 0.6 is 11.6 Å². The van der Waals surface area contributed by atoms with E-state index in [2.05, 4.69) is 15.5 Å². The van der Waals surface area contributed by atoms with Gasteiger partial charge >= 0.3 is 5.97 Å². The van der Waals surface area contributed by atoms with Crippen LogP contribution in [-0.4, -0.2) is 28.0 Å². The van der Waals surface area contributed by atoms with Gasteiger partial charge in [-0.25, -0.2) is 10.2 Å². The predicted molar refractivity (Wildman–Crippen MR) is 158 cm³/mol. The van der Waals surface area contributed by atoms with E-state index in [4.69, 9.17) is 16.3 Å². The normalized spacial score (nSPS) is 11.1. The number of carbonyl (C=O) groups is 2. The Bertz CT molecular complexity index is 1840. The first-order chi connectivity index (χ1) is 19.7. The first kappa shape index (κ1) is 27.3. The van der Waals surface area contributed by atoms with Crippen LogP contribution in [0.4, 0.5) is 5.69 Å². The van der Waals surface area contributed by atoms with Gasteiger partial charge in [0, 0.05) is 44.7 Å². The summed E-state index contributed by atoms with van der Waals surface area (Å²) in [7, 11) is 0. The Morgan fingerprint density at radius 2 is 1.71 bits per heavy atom. The topological polar surface area (TPSA) is 127 Å². The van der Waals surface area contributed by atoms with Gasteiger partial charge in [0.2, 0.25) is 0 Å². The lowest BCUT2D eigenvalue weighted by Crippen LogP contribution is -2.19. The second-order valence-electron chi connectivity index (χ2n) is 9.29. The van der Waals surface area contributed by atoms with E-state index in [-0.39, 0.29) is 17.0 Å². The molecule has 1 amide bonds. The number of esters is 1. The number of nitrogens with zero attached hydrogens (tertiary/aromatic N) is 2. The number of nitrogens with one attached hydrogen (secondary N) is 2. The van der Waals surface area contributed by atoms with Gasteiger partial charge in [0.1, 0.15) is 11.4 Å². The molecule has 204 valence electrons. The third-order valence-corrected chi connectivity index (χ3v) is 6.75. The second-order valence-corrected chi connectivity index (χ2v) is 9.70. The van der Waals surface area contributed by atoms with Crippen molar-refractivity contribution in [1.29, 1.82) is 0 Å². The van der Waals surface area contributed by atoms with E-state index < -0.39 is 16.8 Å². The van der Waals surface area contributed by atoms with Crippen molar-refractivity contribution in [3.8, 4) is 16.9 Å². The molecule has 1 heterocycles. The molecule has 5 aromatic rings. The monoisotopic (exact) mass is 566 g/mol. The molecule has 0 aliphatic rings. The highest BCUT2D eigenvalue weighted by Crippen LogP contribution is 2.38. The summed E-state index contributed by atoms with van der Waals surface area (Å²) in [6.45, 7) is 3.96. The number of benzene rings is 4. The third kappa shape index (κ3) is 5.70. The molecule has 41 heavy (non-hydrogen) atoms. The Balaban J connectivity index is 1.40. The van der Waals surface area contributed by atoms with Crippen LogP contribution in [0.5, 0.6) is 5.75 Å². The highest BCUT2D eigenvalue weighted by Gasteiger charge is 2.22. The summed E-state index contributed by atoms with van der Waals surface area (Å²) >= 11 is 6.53. The molecule has 0 spiro atoms. The van der Waals surface area contributed by atoms with E-state index in [1.54, 1.807) is 30.3 Å². The minimum absolute atomic E-state index is 0.136. The van der Waals surface area contributed by atoms with E-state index >= 15 is 0 Å².